The van der Waals surface area contributed by atoms with E-state index >= 15 is 4.39 Å². The second-order valence-electron chi connectivity index (χ2n) is 11.8. The predicted octanol–water partition coefficient (Wildman–Crippen LogP) is 4.61. The monoisotopic (exact) mass is 573 g/mol. The molecule has 1 unspecified atom stereocenters. The van der Waals surface area contributed by atoms with Crippen LogP contribution in [-0.2, 0) is 0 Å². The maximum Gasteiger partial charge on any atom is 0.273 e. The first-order chi connectivity index (χ1) is 20.3. The molecule has 4 aromatic rings. The zero-order valence-electron chi connectivity index (χ0n) is 23.3. The minimum atomic E-state index is -0.871. The molecule has 4 atom stereocenters. The maximum atomic E-state index is 15.4. The van der Waals surface area contributed by atoms with E-state index in [1.807, 2.05) is 31.2 Å². The number of nitrogens with zero attached hydrogens (tertiary/aromatic N) is 5. The summed E-state index contributed by atoms with van der Waals surface area (Å²) in [5, 5.41) is 24.5. The molecule has 7 rings (SSSR count). The van der Waals surface area contributed by atoms with Crippen LogP contribution in [0.5, 0.6) is 0 Å². The van der Waals surface area contributed by atoms with Crippen molar-refractivity contribution < 1.29 is 23.8 Å². The molecule has 2 aliphatic heterocycles. The molecule has 0 radical (unpaired) electrons. The van der Waals surface area contributed by atoms with E-state index in [0.29, 0.717) is 22.6 Å². The van der Waals surface area contributed by atoms with Crippen LogP contribution < -0.4 is 4.90 Å². The van der Waals surface area contributed by atoms with Gasteiger partial charge in [0.05, 0.1) is 30.6 Å². The summed E-state index contributed by atoms with van der Waals surface area (Å²) in [5.74, 6) is -0.915. The SMILES string of the molecule is C[C@@H]1c2ccccc2C(CF)CN1C(=O)c1cc(C2CCC2)n2nc(-c3ccc(N4C[C@@H](O)[C@H](O)C4)cc3F)cc2n1. The fraction of sp³-hybridized carbons (Fsp3) is 0.406. The van der Waals surface area contributed by atoms with Gasteiger partial charge in [-0.15, -0.1) is 0 Å². The summed E-state index contributed by atoms with van der Waals surface area (Å²) < 4.78 is 31.2. The third-order valence-corrected chi connectivity index (χ3v) is 9.27. The van der Waals surface area contributed by atoms with Crippen molar-refractivity contribution in [1.82, 2.24) is 19.5 Å². The van der Waals surface area contributed by atoms with Crippen molar-refractivity contribution in [1.29, 1.82) is 0 Å². The van der Waals surface area contributed by atoms with Crippen LogP contribution in [0.4, 0.5) is 14.5 Å². The Bertz CT molecular complexity index is 1660. The highest BCUT2D eigenvalue weighted by molar-refractivity contribution is 5.93. The normalized spacial score (nSPS) is 24.2. The molecule has 2 aromatic carbocycles. The largest absolute Gasteiger partial charge is 0.389 e. The van der Waals surface area contributed by atoms with E-state index in [4.69, 9.17) is 10.1 Å². The third-order valence-electron chi connectivity index (χ3n) is 9.27. The van der Waals surface area contributed by atoms with Gasteiger partial charge in [0, 0.05) is 54.5 Å². The van der Waals surface area contributed by atoms with Crippen LogP contribution in [0, 0.1) is 5.82 Å². The molecular formula is C32H33F2N5O3. The molecule has 2 aromatic heterocycles. The summed E-state index contributed by atoms with van der Waals surface area (Å²) in [6.07, 6.45) is 1.28. The summed E-state index contributed by atoms with van der Waals surface area (Å²) in [5.41, 5.74) is 4.76. The lowest BCUT2D eigenvalue weighted by Gasteiger charge is -2.39. The van der Waals surface area contributed by atoms with E-state index in [-0.39, 0.29) is 43.2 Å². The van der Waals surface area contributed by atoms with Gasteiger partial charge in [-0.05, 0) is 55.2 Å². The smallest absolute Gasteiger partial charge is 0.273 e. The van der Waals surface area contributed by atoms with Crippen LogP contribution in [0.2, 0.25) is 0 Å². The highest BCUT2D eigenvalue weighted by atomic mass is 19.1. The Morgan fingerprint density at radius 1 is 1.00 bits per heavy atom. The Labute approximate surface area is 242 Å². The first kappa shape index (κ1) is 27.0. The summed E-state index contributed by atoms with van der Waals surface area (Å²) in [4.78, 5) is 22.1. The number of benzene rings is 2. The Morgan fingerprint density at radius 3 is 2.40 bits per heavy atom. The zero-order chi connectivity index (χ0) is 29.1. The number of amides is 1. The molecule has 8 nitrogen and oxygen atoms in total. The number of fused-ring (bicyclic) bond motifs is 2. The summed E-state index contributed by atoms with van der Waals surface area (Å²) in [6, 6.07) is 15.8. The number of hydrogen-bond donors (Lipinski definition) is 2. The number of carbonyl (C=O) groups is 1. The number of carbonyl (C=O) groups excluding carboxylic acids is 1. The van der Waals surface area contributed by atoms with Crippen LogP contribution >= 0.6 is 0 Å². The lowest BCUT2D eigenvalue weighted by Crippen LogP contribution is -2.42. The van der Waals surface area contributed by atoms with Gasteiger partial charge >= 0.3 is 0 Å². The molecule has 1 saturated heterocycles. The third kappa shape index (κ3) is 4.44. The minimum absolute atomic E-state index is 0.216. The van der Waals surface area contributed by atoms with Gasteiger partial charge in [-0.3, -0.25) is 9.18 Å². The van der Waals surface area contributed by atoms with Crippen molar-refractivity contribution in [2.24, 2.45) is 0 Å². The molecule has 2 fully saturated rings. The van der Waals surface area contributed by atoms with E-state index < -0.39 is 30.6 Å². The molecule has 1 saturated carbocycles. The van der Waals surface area contributed by atoms with Gasteiger partial charge in [0.25, 0.3) is 5.91 Å². The van der Waals surface area contributed by atoms with E-state index in [2.05, 4.69) is 0 Å². The van der Waals surface area contributed by atoms with E-state index in [1.54, 1.807) is 38.6 Å². The quantitative estimate of drug-likeness (QED) is 0.362. The highest BCUT2D eigenvalue weighted by Crippen LogP contribution is 2.39. The lowest BCUT2D eigenvalue weighted by molar-refractivity contribution is 0.0572. The molecule has 3 aliphatic rings. The zero-order valence-corrected chi connectivity index (χ0v) is 23.3. The molecule has 1 aliphatic carbocycles. The van der Waals surface area contributed by atoms with Crippen LogP contribution in [-0.4, -0.2) is 74.1 Å². The van der Waals surface area contributed by atoms with Crippen molar-refractivity contribution in [3.63, 3.8) is 0 Å². The molecule has 2 N–H and O–H groups in total. The average Bonchev–Trinajstić information content (AvgIpc) is 3.54. The average molecular weight is 574 g/mol. The molecular weight excluding hydrogens is 540 g/mol. The Kier molecular flexibility index (Phi) is 6.70. The van der Waals surface area contributed by atoms with Crippen molar-refractivity contribution in [2.45, 2.75) is 56.3 Å². The number of anilines is 1. The lowest BCUT2D eigenvalue weighted by atomic mass is 9.82. The number of hydrogen-bond acceptors (Lipinski definition) is 6. The van der Waals surface area contributed by atoms with Gasteiger partial charge in [-0.25, -0.2) is 13.9 Å². The maximum absolute atomic E-state index is 15.4. The summed E-state index contributed by atoms with van der Waals surface area (Å²) in [7, 11) is 0. The molecule has 218 valence electrons. The van der Waals surface area contributed by atoms with Gasteiger partial charge in [0.2, 0.25) is 0 Å². The number of halogens is 2. The van der Waals surface area contributed by atoms with E-state index in [1.165, 1.54) is 6.07 Å². The number of aromatic nitrogens is 3. The second-order valence-corrected chi connectivity index (χ2v) is 11.8. The van der Waals surface area contributed by atoms with Gasteiger partial charge in [-0.2, -0.15) is 5.10 Å². The minimum Gasteiger partial charge on any atom is -0.389 e. The Hall–Kier alpha value is -3.89. The van der Waals surface area contributed by atoms with Gasteiger partial charge in [-0.1, -0.05) is 30.7 Å². The van der Waals surface area contributed by atoms with Crippen molar-refractivity contribution in [3.8, 4) is 11.3 Å². The first-order valence-electron chi connectivity index (χ1n) is 14.6. The van der Waals surface area contributed by atoms with Crippen LogP contribution in [0.25, 0.3) is 16.9 Å². The van der Waals surface area contributed by atoms with Crippen LogP contribution in [0.3, 0.4) is 0 Å². The standard InChI is InChI=1S/C32H33F2N5O3/c1-18-22-7-2-3-8-23(22)20(14-33)15-38(18)32(42)27-12-28(19-5-4-6-19)39-31(35-27)13-26(36-39)24-10-9-21(11-25(24)34)37-16-29(40)30(41)17-37/h2-3,7-13,18-20,29-30,40-41H,4-6,14-17H2,1H3/t18-,20?,29-,30-/m1/s1. The summed E-state index contributed by atoms with van der Waals surface area (Å²) >= 11 is 0. The Morgan fingerprint density at radius 2 is 1.74 bits per heavy atom. The van der Waals surface area contributed by atoms with Crippen molar-refractivity contribution in [3.05, 3.63) is 82.9 Å². The topological polar surface area (TPSA) is 94.2 Å². The van der Waals surface area contributed by atoms with E-state index in [0.717, 1.165) is 36.1 Å². The number of alkyl halides is 1. The summed E-state index contributed by atoms with van der Waals surface area (Å²) in [6.45, 7) is 2.14. The van der Waals surface area contributed by atoms with Crippen LogP contribution in [0.15, 0.2) is 54.6 Å². The van der Waals surface area contributed by atoms with Crippen LogP contribution in [0.1, 0.15) is 71.4 Å². The fourth-order valence-corrected chi connectivity index (χ4v) is 6.59. The second kappa shape index (κ2) is 10.4. The van der Waals surface area contributed by atoms with Gasteiger partial charge in [0.1, 0.15) is 11.5 Å². The van der Waals surface area contributed by atoms with Gasteiger partial charge < -0.3 is 20.0 Å². The molecule has 4 heterocycles. The van der Waals surface area contributed by atoms with Gasteiger partial charge in [0.15, 0.2) is 5.65 Å². The Balaban J connectivity index is 1.24. The number of aliphatic hydroxyl groups excluding tert-OH is 2. The number of rotatable bonds is 5. The van der Waals surface area contributed by atoms with Crippen molar-refractivity contribution >= 4 is 17.2 Å². The first-order valence-corrected chi connectivity index (χ1v) is 14.6. The fourth-order valence-electron chi connectivity index (χ4n) is 6.59. The molecule has 1 amide bonds. The molecule has 0 bridgehead atoms. The molecule has 10 heteroatoms. The number of β-amino-alcohol motifs (C(OH)–C–C–N with tert-alkyl or cyclic N) is 2. The highest BCUT2D eigenvalue weighted by Gasteiger charge is 2.35. The van der Waals surface area contributed by atoms with Crippen molar-refractivity contribution in [2.75, 3.05) is 31.2 Å². The predicted molar refractivity (Wildman–Crippen MR) is 154 cm³/mol. The molecule has 42 heavy (non-hydrogen) atoms. The van der Waals surface area contributed by atoms with E-state index in [9.17, 15) is 19.4 Å². The number of aliphatic hydroxyl groups is 2. The molecule has 0 spiro atoms.